The third kappa shape index (κ3) is 1.61. The Morgan fingerprint density at radius 1 is 1.70 bits per heavy atom. The fourth-order valence-electron chi connectivity index (χ4n) is 1.22. The highest BCUT2D eigenvalue weighted by atomic mass is 14.9. The average molecular weight is 138 g/mol. The van der Waals surface area contributed by atoms with E-state index in [2.05, 4.69) is 31.3 Å². The lowest BCUT2D eigenvalue weighted by atomic mass is 10.1. The van der Waals surface area contributed by atoms with Crippen LogP contribution in [0.4, 0.5) is 0 Å². The summed E-state index contributed by atoms with van der Waals surface area (Å²) < 4.78 is 0. The number of nitrogens with two attached hydrogens (primary N) is 1. The molecule has 1 heterocycles. The van der Waals surface area contributed by atoms with Gasteiger partial charge in [0.05, 0.1) is 0 Å². The van der Waals surface area contributed by atoms with Crippen molar-refractivity contribution in [3.05, 3.63) is 23.4 Å². The molecule has 1 aliphatic rings. The summed E-state index contributed by atoms with van der Waals surface area (Å²) in [6.45, 7) is 4.81. The average Bonchev–Trinajstić information content (AvgIpc) is 1.85. The summed E-state index contributed by atoms with van der Waals surface area (Å²) in [6, 6.07) is 0.434. The molecule has 10 heavy (non-hydrogen) atoms. The maximum absolute atomic E-state index is 5.49. The van der Waals surface area contributed by atoms with Gasteiger partial charge in [0.15, 0.2) is 0 Å². The van der Waals surface area contributed by atoms with E-state index in [-0.39, 0.29) is 0 Å². The fraction of sp³-hybridized carbons (Fsp3) is 0.500. The first-order valence-electron chi connectivity index (χ1n) is 3.58. The minimum atomic E-state index is 0.434. The summed E-state index contributed by atoms with van der Waals surface area (Å²) in [4.78, 5) is 0. The maximum atomic E-state index is 5.49. The first kappa shape index (κ1) is 7.35. The molecular weight excluding hydrogens is 124 g/mol. The van der Waals surface area contributed by atoms with Crippen molar-refractivity contribution in [1.82, 2.24) is 5.32 Å². The van der Waals surface area contributed by atoms with Crippen LogP contribution in [0.15, 0.2) is 23.4 Å². The molecule has 0 aromatic heterocycles. The Kier molecular flexibility index (Phi) is 2.12. The Morgan fingerprint density at radius 2 is 2.40 bits per heavy atom. The summed E-state index contributed by atoms with van der Waals surface area (Å²) in [7, 11) is 0. The molecule has 0 radical (unpaired) electrons. The van der Waals surface area contributed by atoms with Crippen LogP contribution >= 0.6 is 0 Å². The van der Waals surface area contributed by atoms with Crippen molar-refractivity contribution in [2.75, 3.05) is 6.54 Å². The van der Waals surface area contributed by atoms with Crippen molar-refractivity contribution in [3.8, 4) is 0 Å². The molecule has 56 valence electrons. The minimum Gasteiger partial charge on any atom is -0.383 e. The zero-order chi connectivity index (χ0) is 7.56. The molecule has 1 unspecified atom stereocenters. The van der Waals surface area contributed by atoms with E-state index in [9.17, 15) is 0 Å². The Bertz CT molecular complexity index is 180. The van der Waals surface area contributed by atoms with E-state index in [1.807, 2.05) is 0 Å². The topological polar surface area (TPSA) is 38.0 Å². The SMILES string of the molecule is CC1=CC(CN)=CC(C)N1. The molecule has 1 atom stereocenters. The Labute approximate surface area is 61.8 Å². The lowest BCUT2D eigenvalue weighted by Crippen LogP contribution is -2.26. The van der Waals surface area contributed by atoms with Crippen LogP contribution < -0.4 is 11.1 Å². The molecule has 0 amide bonds. The molecule has 3 N–H and O–H groups in total. The second kappa shape index (κ2) is 2.88. The number of hydrogen-bond donors (Lipinski definition) is 2. The van der Waals surface area contributed by atoms with Gasteiger partial charge in [-0.3, -0.25) is 0 Å². The van der Waals surface area contributed by atoms with E-state index >= 15 is 0 Å². The van der Waals surface area contributed by atoms with Crippen LogP contribution in [0.1, 0.15) is 13.8 Å². The summed E-state index contributed by atoms with van der Waals surface area (Å²) in [5, 5.41) is 3.27. The van der Waals surface area contributed by atoms with Crippen LogP contribution in [0.2, 0.25) is 0 Å². The molecule has 1 rings (SSSR count). The number of rotatable bonds is 1. The molecule has 0 aromatic rings. The molecule has 1 aliphatic heterocycles. The van der Waals surface area contributed by atoms with Crippen molar-refractivity contribution < 1.29 is 0 Å². The maximum Gasteiger partial charge on any atom is 0.0419 e. The molecule has 0 bridgehead atoms. The van der Waals surface area contributed by atoms with Crippen molar-refractivity contribution >= 4 is 0 Å². The van der Waals surface area contributed by atoms with Crippen LogP contribution in [0.5, 0.6) is 0 Å². The summed E-state index contributed by atoms with van der Waals surface area (Å²) in [5.74, 6) is 0. The Balaban J connectivity index is 2.72. The lowest BCUT2D eigenvalue weighted by Gasteiger charge is -2.18. The van der Waals surface area contributed by atoms with Crippen molar-refractivity contribution in [2.45, 2.75) is 19.9 Å². The number of nitrogens with one attached hydrogen (secondary N) is 1. The second-order valence-corrected chi connectivity index (χ2v) is 2.71. The predicted molar refractivity (Wildman–Crippen MR) is 43.5 cm³/mol. The Hall–Kier alpha value is -0.760. The van der Waals surface area contributed by atoms with Gasteiger partial charge in [0, 0.05) is 18.3 Å². The molecule has 2 heteroatoms. The highest BCUT2D eigenvalue weighted by Gasteiger charge is 2.04. The number of dihydropyridines is 1. The molecule has 0 saturated heterocycles. The standard InChI is InChI=1S/C8H14N2/c1-6-3-8(5-9)4-7(2)10-6/h3-4,6,10H,5,9H2,1-2H3. The molecule has 0 fully saturated rings. The van der Waals surface area contributed by atoms with Gasteiger partial charge in [0.2, 0.25) is 0 Å². The monoisotopic (exact) mass is 138 g/mol. The molecule has 0 aliphatic carbocycles. The third-order valence-electron chi connectivity index (χ3n) is 1.56. The predicted octanol–water partition coefficient (Wildman–Crippen LogP) is 0.767. The van der Waals surface area contributed by atoms with E-state index in [1.54, 1.807) is 0 Å². The summed E-state index contributed by atoms with van der Waals surface area (Å²) in [5.41, 5.74) is 7.92. The van der Waals surface area contributed by atoms with Crippen molar-refractivity contribution in [3.63, 3.8) is 0 Å². The zero-order valence-corrected chi connectivity index (χ0v) is 6.52. The van der Waals surface area contributed by atoms with E-state index in [0.29, 0.717) is 12.6 Å². The first-order valence-corrected chi connectivity index (χ1v) is 3.58. The normalized spacial score (nSPS) is 24.9. The van der Waals surface area contributed by atoms with Gasteiger partial charge in [-0.1, -0.05) is 6.08 Å². The van der Waals surface area contributed by atoms with Crippen LogP contribution in [-0.4, -0.2) is 12.6 Å². The second-order valence-electron chi connectivity index (χ2n) is 2.71. The highest BCUT2D eigenvalue weighted by Crippen LogP contribution is 2.07. The van der Waals surface area contributed by atoms with Gasteiger partial charge in [0.1, 0.15) is 0 Å². The number of allylic oxidation sites excluding steroid dienone is 1. The van der Waals surface area contributed by atoms with Crippen LogP contribution in [-0.2, 0) is 0 Å². The van der Waals surface area contributed by atoms with E-state index in [0.717, 1.165) is 0 Å². The van der Waals surface area contributed by atoms with Crippen molar-refractivity contribution in [2.24, 2.45) is 5.73 Å². The molecule has 2 nitrogen and oxygen atoms in total. The highest BCUT2D eigenvalue weighted by molar-refractivity contribution is 5.29. The van der Waals surface area contributed by atoms with E-state index in [1.165, 1.54) is 11.3 Å². The van der Waals surface area contributed by atoms with Crippen LogP contribution in [0.25, 0.3) is 0 Å². The van der Waals surface area contributed by atoms with Gasteiger partial charge >= 0.3 is 0 Å². The zero-order valence-electron chi connectivity index (χ0n) is 6.52. The third-order valence-corrected chi connectivity index (χ3v) is 1.56. The van der Waals surface area contributed by atoms with Crippen LogP contribution in [0.3, 0.4) is 0 Å². The first-order chi connectivity index (χ1) is 4.72. The minimum absolute atomic E-state index is 0.434. The van der Waals surface area contributed by atoms with Gasteiger partial charge in [-0.05, 0) is 25.5 Å². The van der Waals surface area contributed by atoms with Crippen LogP contribution in [0, 0.1) is 0 Å². The molecule has 0 spiro atoms. The summed E-state index contributed by atoms with van der Waals surface area (Å²) in [6.07, 6.45) is 4.23. The van der Waals surface area contributed by atoms with E-state index < -0.39 is 0 Å². The quantitative estimate of drug-likeness (QED) is 0.561. The molecule has 0 saturated carbocycles. The van der Waals surface area contributed by atoms with E-state index in [4.69, 9.17) is 5.73 Å². The van der Waals surface area contributed by atoms with Gasteiger partial charge < -0.3 is 11.1 Å². The Morgan fingerprint density at radius 3 is 2.90 bits per heavy atom. The van der Waals surface area contributed by atoms with Gasteiger partial charge in [-0.15, -0.1) is 0 Å². The van der Waals surface area contributed by atoms with Gasteiger partial charge in [0.25, 0.3) is 0 Å². The van der Waals surface area contributed by atoms with Gasteiger partial charge in [-0.2, -0.15) is 0 Å². The molecular formula is C8H14N2. The fourth-order valence-corrected chi connectivity index (χ4v) is 1.22. The van der Waals surface area contributed by atoms with Crippen molar-refractivity contribution in [1.29, 1.82) is 0 Å². The summed E-state index contributed by atoms with van der Waals surface area (Å²) >= 11 is 0. The van der Waals surface area contributed by atoms with Gasteiger partial charge in [-0.25, -0.2) is 0 Å². The number of hydrogen-bond acceptors (Lipinski definition) is 2. The lowest BCUT2D eigenvalue weighted by molar-refractivity contribution is 0.708. The largest absolute Gasteiger partial charge is 0.383 e. The molecule has 0 aromatic carbocycles. The smallest absolute Gasteiger partial charge is 0.0419 e.